The summed E-state index contributed by atoms with van der Waals surface area (Å²) in [6, 6.07) is 0. The zero-order valence-corrected chi connectivity index (χ0v) is 11.0. The van der Waals surface area contributed by atoms with Crippen LogP contribution in [-0.4, -0.2) is 63.8 Å². The van der Waals surface area contributed by atoms with Crippen LogP contribution in [0.3, 0.4) is 0 Å². The van der Waals surface area contributed by atoms with Gasteiger partial charge in [-0.3, -0.25) is 0 Å². The molecule has 0 bridgehead atoms. The molecule has 0 aliphatic rings. The predicted octanol–water partition coefficient (Wildman–Crippen LogP) is -1.51. The van der Waals surface area contributed by atoms with E-state index in [1.165, 1.54) is 0 Å². The van der Waals surface area contributed by atoms with Crippen molar-refractivity contribution in [3.05, 3.63) is 5.73 Å². The molecule has 104 valence electrons. The van der Waals surface area contributed by atoms with Crippen LogP contribution in [0.1, 0.15) is 13.8 Å². The average molecular weight is 302 g/mol. The Morgan fingerprint density at radius 1 is 1.00 bits per heavy atom. The van der Waals surface area contributed by atoms with Crippen molar-refractivity contribution in [2.75, 3.05) is 26.2 Å². The molecule has 8 nitrogen and oxygen atoms in total. The number of carbonyl (C=O) groups is 2. The van der Waals surface area contributed by atoms with E-state index in [9.17, 15) is 0 Å². The summed E-state index contributed by atoms with van der Waals surface area (Å²) in [7, 11) is 0. The summed E-state index contributed by atoms with van der Waals surface area (Å²) in [5, 5.41) is 22.4. The summed E-state index contributed by atoms with van der Waals surface area (Å²) in [6.45, 7) is 7.86. The Hall–Kier alpha value is -1.03. The van der Waals surface area contributed by atoms with Crippen LogP contribution in [0.15, 0.2) is 0 Å². The van der Waals surface area contributed by atoms with Crippen LogP contribution in [-0.2, 0) is 16.8 Å². The van der Waals surface area contributed by atoms with Crippen LogP contribution in [0.5, 0.6) is 0 Å². The molecule has 0 aromatic heterocycles. The molecule has 0 radical (unpaired) electrons. The van der Waals surface area contributed by atoms with E-state index < -0.39 is 12.3 Å². The van der Waals surface area contributed by atoms with Crippen LogP contribution in [0.25, 0.3) is 5.73 Å². The molecule has 0 atom stereocenters. The van der Waals surface area contributed by atoms with Gasteiger partial charge in [0.2, 0.25) is 9.59 Å². The van der Waals surface area contributed by atoms with Gasteiger partial charge in [0.25, 0.3) is 0 Å². The van der Waals surface area contributed by atoms with E-state index in [0.29, 0.717) is 6.54 Å². The first kappa shape index (κ1) is 25.0. The molecule has 0 aliphatic heterocycles. The Labute approximate surface area is 110 Å². The maximum absolute atomic E-state index is 8.78. The molecule has 9 heteroatoms. The molecule has 0 aromatic carbocycles. The minimum atomic E-state index is -1.33. The van der Waals surface area contributed by atoms with Crippen molar-refractivity contribution >= 4 is 12.3 Å². The molecule has 0 amide bonds. The summed E-state index contributed by atoms with van der Waals surface area (Å²) >= 11 is 0. The van der Waals surface area contributed by atoms with Crippen molar-refractivity contribution in [1.29, 1.82) is 0 Å². The third kappa shape index (κ3) is 70.7. The fourth-order valence-corrected chi connectivity index (χ4v) is 0.698. The molecule has 0 unspecified atom stereocenters. The third-order valence-corrected chi connectivity index (χ3v) is 1.32. The van der Waals surface area contributed by atoms with E-state index in [1.54, 1.807) is 0 Å². The molecule has 0 aromatic rings. The van der Waals surface area contributed by atoms with Gasteiger partial charge in [-0.15, -0.1) is 6.54 Å². The van der Waals surface area contributed by atoms with Crippen molar-refractivity contribution in [2.24, 2.45) is 0 Å². The van der Waals surface area contributed by atoms with Gasteiger partial charge in [0.1, 0.15) is 0 Å². The van der Waals surface area contributed by atoms with Gasteiger partial charge in [-0.1, -0.05) is 13.8 Å². The molecule has 9 N–H and O–H groups in total. The Morgan fingerprint density at radius 3 is 1.29 bits per heavy atom. The molecule has 0 aliphatic carbocycles. The van der Waals surface area contributed by atoms with Gasteiger partial charge < -0.3 is 31.1 Å². The van der Waals surface area contributed by atoms with Crippen molar-refractivity contribution < 1.29 is 46.8 Å². The summed E-state index contributed by atoms with van der Waals surface area (Å²) in [4.78, 5) is 19.8. The van der Waals surface area contributed by atoms with E-state index in [-0.39, 0.29) is 16.8 Å². The summed E-state index contributed by atoms with van der Waals surface area (Å²) in [5.41, 5.74) is 6.90. The summed E-state index contributed by atoms with van der Waals surface area (Å²) in [6.07, 6.45) is -2.67. The largest absolute Gasteiger partial charge is 3.00 e. The van der Waals surface area contributed by atoms with Gasteiger partial charge in [-0.2, -0.15) is 0 Å². The molecular weight excluding hydrogens is 279 g/mol. The maximum Gasteiger partial charge on any atom is 3.00 e. The first-order valence-corrected chi connectivity index (χ1v) is 4.62. The van der Waals surface area contributed by atoms with E-state index in [0.717, 1.165) is 19.6 Å². The smallest absolute Gasteiger partial charge is 0.676 e. The molecule has 17 heavy (non-hydrogen) atoms. The molecule has 0 heterocycles. The van der Waals surface area contributed by atoms with Gasteiger partial charge in [0.15, 0.2) is 0 Å². The minimum Gasteiger partial charge on any atom is -0.676 e. The quantitative estimate of drug-likeness (QED) is 0.580. The number of hydrogen-bond acceptors (Lipinski definition) is 3. The van der Waals surface area contributed by atoms with Crippen LogP contribution in [0.2, 0.25) is 0 Å². The van der Waals surface area contributed by atoms with Gasteiger partial charge in [-0.05, 0) is 19.6 Å². The number of rotatable bonds is 4. The monoisotopic (exact) mass is 302 g/mol. The second-order valence-electron chi connectivity index (χ2n) is 2.44. The van der Waals surface area contributed by atoms with Gasteiger partial charge >= 0.3 is 29.1 Å². The fraction of sp³-hybridized carbons (Fsp3) is 0.750. The number of carbonyl (C=O) groups excluding carboxylic acids is 2. The summed E-state index contributed by atoms with van der Waals surface area (Å²) < 4.78 is 0. The second kappa shape index (κ2) is 20.4. The molecule has 0 rings (SSSR count). The number of nitrogens with one attached hydrogen (secondary N) is 1. The fourth-order valence-electron chi connectivity index (χ4n) is 0.698. The Kier molecular flexibility index (Phi) is 30.0. The minimum absolute atomic E-state index is 0. The SMILES string of the molecule is CCN(CC)CC[NH-].O=C([OH2+])[OH2+].O=C([OH2+])[OH2+].[Co+3]. The number of likely N-dealkylation sites (N-methyl/N-ethyl adjacent to an activating group) is 1. The second-order valence-corrected chi connectivity index (χ2v) is 2.44. The molecule has 0 spiro atoms. The Balaban J connectivity index is -0.0000000806. The van der Waals surface area contributed by atoms with Crippen molar-refractivity contribution in [1.82, 2.24) is 4.90 Å². The van der Waals surface area contributed by atoms with E-state index >= 15 is 0 Å². The Bertz CT molecular complexity index is 157. The van der Waals surface area contributed by atoms with E-state index in [1.807, 2.05) is 0 Å². The van der Waals surface area contributed by atoms with Crippen molar-refractivity contribution in [3.63, 3.8) is 0 Å². The van der Waals surface area contributed by atoms with E-state index in [2.05, 4.69) is 18.7 Å². The Morgan fingerprint density at radius 2 is 1.24 bits per heavy atom. The average Bonchev–Trinajstić information content (AvgIpc) is 2.12. The first-order valence-electron chi connectivity index (χ1n) is 4.62. The maximum atomic E-state index is 8.78. The predicted molar refractivity (Wildman–Crippen MR) is 62.2 cm³/mol. The third-order valence-electron chi connectivity index (χ3n) is 1.32. The standard InChI is InChI=1S/C6H15N2.2CH2O3.Co/c1-3-8(4-2)6-5-7;2*2-1(3)4;/h7H,3-6H2,1-2H3;2*(H2,2,3,4);/q-1;;;+3/p+4. The van der Waals surface area contributed by atoms with Crippen LogP contribution in [0, 0.1) is 0 Å². The zero-order chi connectivity index (χ0) is 13.6. The zero-order valence-electron chi connectivity index (χ0n) is 9.93. The summed E-state index contributed by atoms with van der Waals surface area (Å²) in [5.74, 6) is 0. The molecule has 0 saturated carbocycles. The first-order chi connectivity index (χ1) is 7.31. The van der Waals surface area contributed by atoms with Crippen LogP contribution >= 0.6 is 0 Å². The van der Waals surface area contributed by atoms with E-state index in [4.69, 9.17) is 35.7 Å². The topological polar surface area (TPSA) is 153 Å². The van der Waals surface area contributed by atoms with Crippen molar-refractivity contribution in [3.8, 4) is 0 Å². The molecular formula is C8H23CoN2O6+6. The number of hydrogen-bond donors (Lipinski definition) is 0. The van der Waals surface area contributed by atoms with Crippen LogP contribution < -0.4 is 0 Å². The molecule has 0 saturated heterocycles. The number of nitrogens with zero attached hydrogens (tertiary/aromatic N) is 1. The van der Waals surface area contributed by atoms with Crippen LogP contribution in [0.4, 0.5) is 9.59 Å². The van der Waals surface area contributed by atoms with Crippen molar-refractivity contribution in [2.45, 2.75) is 13.8 Å². The van der Waals surface area contributed by atoms with Gasteiger partial charge in [0, 0.05) is 0 Å². The molecule has 0 fully saturated rings. The van der Waals surface area contributed by atoms with Gasteiger partial charge in [-0.25, -0.2) is 0 Å². The normalized spacial score (nSPS) is 7.76. The van der Waals surface area contributed by atoms with Gasteiger partial charge in [0.05, 0.1) is 0 Å².